The van der Waals surface area contributed by atoms with Gasteiger partial charge in [0.05, 0.1) is 5.69 Å². The lowest BCUT2D eigenvalue weighted by atomic mass is 10.4. The van der Waals surface area contributed by atoms with E-state index < -0.39 is 0 Å². The van der Waals surface area contributed by atoms with E-state index in [0.717, 1.165) is 5.69 Å². The number of rotatable bonds is 1. The summed E-state index contributed by atoms with van der Waals surface area (Å²) in [7, 11) is 0. The van der Waals surface area contributed by atoms with Gasteiger partial charge in [-0.2, -0.15) is 5.10 Å². The van der Waals surface area contributed by atoms with E-state index in [1.165, 1.54) is 0 Å². The quantitative estimate of drug-likeness (QED) is 0.612. The van der Waals surface area contributed by atoms with Crippen LogP contribution in [-0.4, -0.2) is 9.78 Å². The van der Waals surface area contributed by atoms with E-state index in [0.29, 0.717) is 11.2 Å². The summed E-state index contributed by atoms with van der Waals surface area (Å²) in [6.45, 7) is 5.95. The Labute approximate surface area is 65.8 Å². The van der Waals surface area contributed by atoms with Gasteiger partial charge in [-0.25, -0.2) is 0 Å². The molecule has 1 radical (unpaired) electrons. The van der Waals surface area contributed by atoms with Crippen molar-refractivity contribution in [2.45, 2.75) is 26.8 Å². The van der Waals surface area contributed by atoms with Crippen molar-refractivity contribution in [1.29, 1.82) is 0 Å². The topological polar surface area (TPSA) is 17.8 Å². The van der Waals surface area contributed by atoms with Crippen LogP contribution in [0.5, 0.6) is 0 Å². The molecule has 0 aliphatic heterocycles. The SMILES string of the molecule is Cc1[c]c(Cl)n(C(C)C)n1. The molecule has 0 N–H and O–H groups in total. The second-order valence-corrected chi connectivity index (χ2v) is 2.90. The van der Waals surface area contributed by atoms with Crippen LogP contribution < -0.4 is 0 Å². The summed E-state index contributed by atoms with van der Waals surface area (Å²) >= 11 is 5.78. The zero-order valence-corrected chi connectivity index (χ0v) is 7.11. The standard InChI is InChI=1S/C7H10ClN2/c1-5(2)10-7(8)4-6(3)9-10/h5H,1-3H3. The number of halogens is 1. The first-order chi connectivity index (χ1) is 4.61. The molecule has 1 heterocycles. The highest BCUT2D eigenvalue weighted by Crippen LogP contribution is 2.14. The van der Waals surface area contributed by atoms with Gasteiger partial charge in [0.1, 0.15) is 5.15 Å². The van der Waals surface area contributed by atoms with Gasteiger partial charge in [-0.05, 0) is 20.8 Å². The minimum atomic E-state index is 0.317. The molecule has 0 aliphatic carbocycles. The van der Waals surface area contributed by atoms with E-state index in [9.17, 15) is 0 Å². The van der Waals surface area contributed by atoms with Gasteiger partial charge in [0.2, 0.25) is 0 Å². The summed E-state index contributed by atoms with van der Waals surface area (Å²) in [5.41, 5.74) is 0.846. The Kier molecular flexibility index (Phi) is 2.00. The van der Waals surface area contributed by atoms with Crippen LogP contribution in [0.4, 0.5) is 0 Å². The van der Waals surface area contributed by atoms with E-state index >= 15 is 0 Å². The predicted molar refractivity (Wildman–Crippen MR) is 41.2 cm³/mol. The molecule has 1 aromatic heterocycles. The van der Waals surface area contributed by atoms with Crippen molar-refractivity contribution in [3.05, 3.63) is 16.9 Å². The minimum Gasteiger partial charge on any atom is -0.251 e. The normalized spacial score (nSPS) is 10.9. The van der Waals surface area contributed by atoms with E-state index in [2.05, 4.69) is 11.2 Å². The first kappa shape index (κ1) is 7.61. The zero-order chi connectivity index (χ0) is 7.72. The van der Waals surface area contributed by atoms with Crippen molar-refractivity contribution in [3.8, 4) is 0 Å². The van der Waals surface area contributed by atoms with Gasteiger partial charge in [-0.1, -0.05) is 11.6 Å². The fourth-order valence-electron chi connectivity index (χ4n) is 0.779. The Morgan fingerprint density at radius 3 is 2.40 bits per heavy atom. The number of nitrogens with zero attached hydrogens (tertiary/aromatic N) is 2. The Morgan fingerprint density at radius 2 is 2.20 bits per heavy atom. The van der Waals surface area contributed by atoms with E-state index in [-0.39, 0.29) is 0 Å². The maximum atomic E-state index is 5.78. The number of hydrogen-bond acceptors (Lipinski definition) is 1. The molecule has 1 rings (SSSR count). The second-order valence-electron chi connectivity index (χ2n) is 2.54. The van der Waals surface area contributed by atoms with Gasteiger partial charge < -0.3 is 0 Å². The average molecular weight is 158 g/mol. The Morgan fingerprint density at radius 1 is 1.60 bits per heavy atom. The van der Waals surface area contributed by atoms with Crippen LogP contribution in [0.25, 0.3) is 0 Å². The highest BCUT2D eigenvalue weighted by atomic mass is 35.5. The van der Waals surface area contributed by atoms with Crippen LogP contribution in [0.1, 0.15) is 25.6 Å². The molecule has 0 unspecified atom stereocenters. The van der Waals surface area contributed by atoms with Crippen LogP contribution in [0.3, 0.4) is 0 Å². The van der Waals surface area contributed by atoms with Gasteiger partial charge >= 0.3 is 0 Å². The zero-order valence-electron chi connectivity index (χ0n) is 6.35. The maximum Gasteiger partial charge on any atom is 0.135 e. The summed E-state index contributed by atoms with van der Waals surface area (Å²) < 4.78 is 1.75. The van der Waals surface area contributed by atoms with Crippen LogP contribution in [0.2, 0.25) is 5.15 Å². The molecule has 1 aromatic rings. The summed E-state index contributed by atoms with van der Waals surface area (Å²) in [4.78, 5) is 0. The monoisotopic (exact) mass is 157 g/mol. The molecule has 2 nitrogen and oxygen atoms in total. The Hall–Kier alpha value is -0.500. The van der Waals surface area contributed by atoms with Crippen LogP contribution >= 0.6 is 11.6 Å². The van der Waals surface area contributed by atoms with Gasteiger partial charge in [0.15, 0.2) is 0 Å². The molecule has 0 aromatic carbocycles. The lowest BCUT2D eigenvalue weighted by Crippen LogP contribution is -2.02. The summed E-state index contributed by atoms with van der Waals surface area (Å²) in [6, 6.07) is 3.22. The van der Waals surface area contributed by atoms with Crippen LogP contribution in [0, 0.1) is 13.0 Å². The van der Waals surface area contributed by atoms with Crippen LogP contribution in [0.15, 0.2) is 0 Å². The first-order valence-corrected chi connectivity index (χ1v) is 3.63. The largest absolute Gasteiger partial charge is 0.251 e. The van der Waals surface area contributed by atoms with Crippen molar-refractivity contribution >= 4 is 11.6 Å². The molecule has 55 valence electrons. The lowest BCUT2D eigenvalue weighted by Gasteiger charge is -2.04. The predicted octanol–water partition coefficient (Wildman–Crippen LogP) is 2.23. The Balaban J connectivity index is 3.03. The third-order valence-electron chi connectivity index (χ3n) is 1.23. The molecule has 0 saturated heterocycles. The van der Waals surface area contributed by atoms with Crippen molar-refractivity contribution in [3.63, 3.8) is 0 Å². The molecule has 0 amide bonds. The van der Waals surface area contributed by atoms with Crippen molar-refractivity contribution in [2.24, 2.45) is 0 Å². The summed E-state index contributed by atoms with van der Waals surface area (Å²) in [5, 5.41) is 4.73. The van der Waals surface area contributed by atoms with Crippen molar-refractivity contribution in [2.75, 3.05) is 0 Å². The molecule has 10 heavy (non-hydrogen) atoms. The first-order valence-electron chi connectivity index (χ1n) is 3.25. The maximum absolute atomic E-state index is 5.78. The fourth-order valence-corrected chi connectivity index (χ4v) is 1.15. The lowest BCUT2D eigenvalue weighted by molar-refractivity contribution is 0.530. The number of aryl methyl sites for hydroxylation is 1. The molecular weight excluding hydrogens is 148 g/mol. The molecular formula is C7H10ClN2. The molecule has 0 fully saturated rings. The number of hydrogen-bond donors (Lipinski definition) is 0. The average Bonchev–Trinajstić information content (AvgIpc) is 2.10. The van der Waals surface area contributed by atoms with E-state index in [4.69, 9.17) is 11.6 Å². The van der Waals surface area contributed by atoms with E-state index in [1.54, 1.807) is 4.68 Å². The smallest absolute Gasteiger partial charge is 0.135 e. The molecule has 0 atom stereocenters. The highest BCUT2D eigenvalue weighted by Gasteiger charge is 2.04. The molecule has 0 saturated carbocycles. The minimum absolute atomic E-state index is 0.317. The van der Waals surface area contributed by atoms with E-state index in [1.807, 2.05) is 20.8 Å². The fraction of sp³-hybridized carbons (Fsp3) is 0.571. The van der Waals surface area contributed by atoms with Gasteiger partial charge in [0.25, 0.3) is 0 Å². The Bertz CT molecular complexity index is 228. The van der Waals surface area contributed by atoms with Gasteiger partial charge in [0, 0.05) is 12.1 Å². The van der Waals surface area contributed by atoms with Crippen LogP contribution in [-0.2, 0) is 0 Å². The number of aromatic nitrogens is 2. The molecule has 0 aliphatic rings. The third kappa shape index (κ3) is 1.32. The molecule has 3 heteroatoms. The van der Waals surface area contributed by atoms with Gasteiger partial charge in [-0.3, -0.25) is 4.68 Å². The second kappa shape index (κ2) is 2.62. The summed E-state index contributed by atoms with van der Waals surface area (Å²) in [6.07, 6.45) is 0. The third-order valence-corrected chi connectivity index (χ3v) is 1.50. The highest BCUT2D eigenvalue weighted by molar-refractivity contribution is 6.29. The molecule has 0 spiro atoms. The summed E-state index contributed by atoms with van der Waals surface area (Å²) in [5.74, 6) is 0. The van der Waals surface area contributed by atoms with Crippen molar-refractivity contribution < 1.29 is 0 Å². The van der Waals surface area contributed by atoms with Crippen molar-refractivity contribution in [1.82, 2.24) is 9.78 Å². The van der Waals surface area contributed by atoms with Gasteiger partial charge in [-0.15, -0.1) is 0 Å². The molecule has 0 bridgehead atoms.